The Morgan fingerprint density at radius 1 is 1.33 bits per heavy atom. The maximum Gasteiger partial charge on any atom is 0.193 e. The largest absolute Gasteiger partial charge is 0.497 e. The first-order valence-electron chi connectivity index (χ1n) is 9.41. The first kappa shape index (κ1) is 19.3. The quantitative estimate of drug-likeness (QED) is 0.626. The molecule has 1 aliphatic rings. The third-order valence-electron chi connectivity index (χ3n) is 5.24. The Morgan fingerprint density at radius 2 is 2.11 bits per heavy atom. The Morgan fingerprint density at radius 3 is 2.70 bits per heavy atom. The molecule has 0 bridgehead atoms. The van der Waals surface area contributed by atoms with Gasteiger partial charge < -0.3 is 19.4 Å². The Balaban J connectivity index is 1.59. The molecule has 1 fully saturated rings. The van der Waals surface area contributed by atoms with Crippen molar-refractivity contribution in [3.63, 3.8) is 0 Å². The van der Waals surface area contributed by atoms with Crippen LogP contribution in [-0.4, -0.2) is 63.6 Å². The van der Waals surface area contributed by atoms with Crippen LogP contribution in [0.15, 0.2) is 52.1 Å². The standard InChI is InChI=1S/C21H30N4O2/c1-22-21(23-14-19(24(2)3)20-6-5-13-27-20)25-12-11-17(15-25)16-7-9-18(26-4)10-8-16/h5-10,13,17,19H,11-12,14-15H2,1-4H3,(H,22,23). The summed E-state index contributed by atoms with van der Waals surface area (Å²) in [5.41, 5.74) is 1.36. The number of aliphatic imine (C=N–C) groups is 1. The third-order valence-corrected chi connectivity index (χ3v) is 5.24. The van der Waals surface area contributed by atoms with Crippen molar-refractivity contribution in [3.05, 3.63) is 54.0 Å². The summed E-state index contributed by atoms with van der Waals surface area (Å²) in [5, 5.41) is 3.53. The van der Waals surface area contributed by atoms with Gasteiger partial charge in [-0.25, -0.2) is 0 Å². The summed E-state index contributed by atoms with van der Waals surface area (Å²) in [5.74, 6) is 3.33. The number of nitrogens with one attached hydrogen (secondary N) is 1. The van der Waals surface area contributed by atoms with Crippen molar-refractivity contribution in [1.82, 2.24) is 15.1 Å². The molecule has 3 rings (SSSR count). The lowest BCUT2D eigenvalue weighted by molar-refractivity contribution is 0.256. The van der Waals surface area contributed by atoms with Gasteiger partial charge in [0.25, 0.3) is 0 Å². The second-order valence-electron chi connectivity index (χ2n) is 7.13. The van der Waals surface area contributed by atoms with Crippen molar-refractivity contribution in [2.24, 2.45) is 4.99 Å². The first-order valence-corrected chi connectivity index (χ1v) is 9.41. The second-order valence-corrected chi connectivity index (χ2v) is 7.13. The monoisotopic (exact) mass is 370 g/mol. The number of furan rings is 1. The van der Waals surface area contributed by atoms with Gasteiger partial charge in [-0.2, -0.15) is 0 Å². The van der Waals surface area contributed by atoms with Gasteiger partial charge >= 0.3 is 0 Å². The number of hydrogen-bond donors (Lipinski definition) is 1. The van der Waals surface area contributed by atoms with Crippen molar-refractivity contribution >= 4 is 5.96 Å². The van der Waals surface area contributed by atoms with E-state index >= 15 is 0 Å². The number of nitrogens with zero attached hydrogens (tertiary/aromatic N) is 3. The molecule has 2 aromatic rings. The highest BCUT2D eigenvalue weighted by molar-refractivity contribution is 5.80. The van der Waals surface area contributed by atoms with E-state index in [-0.39, 0.29) is 6.04 Å². The van der Waals surface area contributed by atoms with Crippen LogP contribution in [0.25, 0.3) is 0 Å². The minimum atomic E-state index is 0.164. The molecule has 146 valence electrons. The van der Waals surface area contributed by atoms with E-state index in [4.69, 9.17) is 9.15 Å². The zero-order valence-electron chi connectivity index (χ0n) is 16.7. The highest BCUT2D eigenvalue weighted by Crippen LogP contribution is 2.28. The summed E-state index contributed by atoms with van der Waals surface area (Å²) in [4.78, 5) is 8.99. The number of likely N-dealkylation sites (tertiary alicyclic amines) is 1. The average Bonchev–Trinajstić information content (AvgIpc) is 3.37. The van der Waals surface area contributed by atoms with Gasteiger partial charge in [-0.1, -0.05) is 12.1 Å². The molecule has 2 heterocycles. The number of hydrogen-bond acceptors (Lipinski definition) is 4. The molecule has 6 heteroatoms. The molecule has 2 unspecified atom stereocenters. The maximum atomic E-state index is 5.60. The van der Waals surface area contributed by atoms with Gasteiger partial charge in [-0.05, 0) is 50.3 Å². The van der Waals surface area contributed by atoms with Crippen LogP contribution in [0.1, 0.15) is 29.7 Å². The molecule has 0 radical (unpaired) electrons. The van der Waals surface area contributed by atoms with Crippen LogP contribution >= 0.6 is 0 Å². The van der Waals surface area contributed by atoms with Gasteiger partial charge in [0.1, 0.15) is 11.5 Å². The fourth-order valence-electron chi connectivity index (χ4n) is 3.64. The van der Waals surface area contributed by atoms with Gasteiger partial charge in [-0.3, -0.25) is 9.89 Å². The third kappa shape index (κ3) is 4.63. The molecule has 6 nitrogen and oxygen atoms in total. The fraction of sp³-hybridized carbons (Fsp3) is 0.476. The molecule has 0 saturated carbocycles. The molecule has 27 heavy (non-hydrogen) atoms. The Kier molecular flexibility index (Phi) is 6.40. The van der Waals surface area contributed by atoms with Gasteiger partial charge in [0.2, 0.25) is 0 Å². The fourth-order valence-corrected chi connectivity index (χ4v) is 3.64. The van der Waals surface area contributed by atoms with Crippen molar-refractivity contribution in [3.8, 4) is 5.75 Å². The lowest BCUT2D eigenvalue weighted by Crippen LogP contribution is -2.43. The lowest BCUT2D eigenvalue weighted by Gasteiger charge is -2.27. The number of methoxy groups -OCH3 is 1. The lowest BCUT2D eigenvalue weighted by atomic mass is 9.98. The first-order chi connectivity index (χ1) is 13.1. The summed E-state index contributed by atoms with van der Waals surface area (Å²) in [6.45, 7) is 2.72. The van der Waals surface area contributed by atoms with Gasteiger partial charge in [-0.15, -0.1) is 0 Å². The SMILES string of the molecule is CN=C(NCC(c1ccco1)N(C)C)N1CCC(c2ccc(OC)cc2)C1. The Bertz CT molecular complexity index is 725. The van der Waals surface area contributed by atoms with E-state index in [1.54, 1.807) is 13.4 Å². The summed E-state index contributed by atoms with van der Waals surface area (Å²) in [7, 11) is 7.67. The van der Waals surface area contributed by atoms with Crippen LogP contribution in [0.4, 0.5) is 0 Å². The number of ether oxygens (including phenoxy) is 1. The molecule has 1 aromatic heterocycles. The molecule has 0 spiro atoms. The molecule has 1 saturated heterocycles. The van der Waals surface area contributed by atoms with Crippen LogP contribution < -0.4 is 10.1 Å². The Labute approximate surface area is 161 Å². The van der Waals surface area contributed by atoms with Crippen LogP contribution in [0.3, 0.4) is 0 Å². The van der Waals surface area contributed by atoms with E-state index in [2.05, 4.69) is 46.3 Å². The van der Waals surface area contributed by atoms with Crippen molar-refractivity contribution in [1.29, 1.82) is 0 Å². The van der Waals surface area contributed by atoms with E-state index in [1.807, 2.05) is 31.3 Å². The summed E-state index contributed by atoms with van der Waals surface area (Å²) < 4.78 is 10.9. The van der Waals surface area contributed by atoms with E-state index < -0.39 is 0 Å². The van der Waals surface area contributed by atoms with Crippen molar-refractivity contribution in [2.45, 2.75) is 18.4 Å². The minimum absolute atomic E-state index is 0.164. The van der Waals surface area contributed by atoms with Crippen LogP contribution in [0.2, 0.25) is 0 Å². The summed E-state index contributed by atoms with van der Waals surface area (Å²) >= 11 is 0. The molecular formula is C21H30N4O2. The highest BCUT2D eigenvalue weighted by atomic mass is 16.5. The van der Waals surface area contributed by atoms with Crippen LogP contribution in [0, 0.1) is 0 Å². The van der Waals surface area contributed by atoms with E-state index in [1.165, 1.54) is 5.56 Å². The van der Waals surface area contributed by atoms with E-state index in [9.17, 15) is 0 Å². The summed E-state index contributed by atoms with van der Waals surface area (Å²) in [6.07, 6.45) is 2.85. The number of likely N-dealkylation sites (N-methyl/N-ethyl adjacent to an activating group) is 1. The topological polar surface area (TPSA) is 53.2 Å². The molecule has 1 aliphatic heterocycles. The van der Waals surface area contributed by atoms with Crippen LogP contribution in [0.5, 0.6) is 5.75 Å². The smallest absolute Gasteiger partial charge is 0.193 e. The normalized spacial score (nSPS) is 18.8. The molecule has 0 amide bonds. The summed E-state index contributed by atoms with van der Waals surface area (Å²) in [6, 6.07) is 12.5. The molecular weight excluding hydrogens is 340 g/mol. The second kappa shape index (κ2) is 8.95. The Hall–Kier alpha value is -2.47. The van der Waals surface area contributed by atoms with Gasteiger partial charge in [0.15, 0.2) is 5.96 Å². The number of benzene rings is 1. The zero-order valence-corrected chi connectivity index (χ0v) is 16.7. The van der Waals surface area contributed by atoms with Crippen molar-refractivity contribution < 1.29 is 9.15 Å². The average molecular weight is 370 g/mol. The zero-order chi connectivity index (χ0) is 19.2. The van der Waals surface area contributed by atoms with Gasteiger partial charge in [0.05, 0.1) is 19.4 Å². The van der Waals surface area contributed by atoms with E-state index in [0.29, 0.717) is 5.92 Å². The number of rotatable bonds is 6. The molecule has 1 N–H and O–H groups in total. The van der Waals surface area contributed by atoms with Crippen LogP contribution in [-0.2, 0) is 0 Å². The maximum absolute atomic E-state index is 5.60. The minimum Gasteiger partial charge on any atom is -0.497 e. The van der Waals surface area contributed by atoms with Gasteiger partial charge in [0, 0.05) is 32.6 Å². The van der Waals surface area contributed by atoms with Crippen molar-refractivity contribution in [2.75, 3.05) is 47.9 Å². The molecule has 2 atom stereocenters. The molecule has 0 aliphatic carbocycles. The predicted octanol–water partition coefficient (Wildman–Crippen LogP) is 2.96. The predicted molar refractivity (Wildman–Crippen MR) is 108 cm³/mol. The highest BCUT2D eigenvalue weighted by Gasteiger charge is 2.27. The number of guanidine groups is 1. The van der Waals surface area contributed by atoms with E-state index in [0.717, 1.165) is 43.5 Å². The molecule has 1 aromatic carbocycles.